The minimum Gasteiger partial charge on any atom is -0.444 e. The molecule has 1 saturated carbocycles. The number of benzene rings is 1. The van der Waals surface area contributed by atoms with E-state index >= 15 is 0 Å². The molecule has 1 fully saturated rings. The lowest BCUT2D eigenvalue weighted by Crippen LogP contribution is -2.38. The molecule has 0 aliphatic heterocycles. The molecular formula is C18H24ClN3O2. The van der Waals surface area contributed by atoms with Gasteiger partial charge >= 0.3 is 6.09 Å². The van der Waals surface area contributed by atoms with Gasteiger partial charge in [0.25, 0.3) is 0 Å². The van der Waals surface area contributed by atoms with E-state index in [1.54, 1.807) is 12.1 Å². The van der Waals surface area contributed by atoms with E-state index in [1.165, 1.54) is 0 Å². The molecular weight excluding hydrogens is 326 g/mol. The maximum atomic E-state index is 11.8. The van der Waals surface area contributed by atoms with Crippen molar-refractivity contribution in [3.63, 3.8) is 0 Å². The molecule has 2 atom stereocenters. The predicted molar refractivity (Wildman–Crippen MR) is 95.2 cm³/mol. The largest absolute Gasteiger partial charge is 0.444 e. The van der Waals surface area contributed by atoms with Crippen LogP contribution in [0.25, 0.3) is 0 Å². The Morgan fingerprint density at radius 2 is 2.17 bits per heavy atom. The number of hydrogen-bond acceptors (Lipinski definition) is 4. The Balaban J connectivity index is 1.90. The Labute approximate surface area is 148 Å². The van der Waals surface area contributed by atoms with Crippen LogP contribution in [0.4, 0.5) is 10.5 Å². The lowest BCUT2D eigenvalue weighted by atomic mass is 10.0. The number of halogens is 1. The number of carbonyl (C=O) groups is 1. The molecule has 2 N–H and O–H groups in total. The number of nitriles is 1. The molecule has 0 heterocycles. The van der Waals surface area contributed by atoms with Gasteiger partial charge in [0.2, 0.25) is 0 Å². The first-order chi connectivity index (χ1) is 11.3. The van der Waals surface area contributed by atoms with Gasteiger partial charge in [0.1, 0.15) is 11.7 Å². The monoisotopic (exact) mass is 349 g/mol. The highest BCUT2D eigenvalue weighted by atomic mass is 35.5. The average molecular weight is 350 g/mol. The number of ether oxygens (including phenoxy) is 1. The molecule has 0 saturated heterocycles. The zero-order valence-corrected chi connectivity index (χ0v) is 15.1. The van der Waals surface area contributed by atoms with Gasteiger partial charge in [-0.15, -0.1) is 0 Å². The third kappa shape index (κ3) is 5.31. The van der Waals surface area contributed by atoms with Crippen molar-refractivity contribution in [1.82, 2.24) is 5.32 Å². The maximum Gasteiger partial charge on any atom is 0.407 e. The second kappa shape index (κ2) is 7.76. The molecule has 1 aromatic rings. The zero-order chi connectivity index (χ0) is 17.7. The molecule has 24 heavy (non-hydrogen) atoms. The number of amides is 1. The van der Waals surface area contributed by atoms with Crippen LogP contribution in [0.3, 0.4) is 0 Å². The van der Waals surface area contributed by atoms with Crippen LogP contribution in [0.2, 0.25) is 5.02 Å². The number of carbonyl (C=O) groups excluding carboxylic acids is 1. The number of rotatable bonds is 4. The second-order valence-electron chi connectivity index (χ2n) is 7.13. The summed E-state index contributed by atoms with van der Waals surface area (Å²) in [5, 5.41) is 15.7. The fourth-order valence-electron chi connectivity index (χ4n) is 2.91. The van der Waals surface area contributed by atoms with Crippen molar-refractivity contribution in [3.8, 4) is 6.07 Å². The molecule has 1 aliphatic rings. The lowest BCUT2D eigenvalue weighted by Gasteiger charge is -2.24. The number of hydrogen-bond donors (Lipinski definition) is 2. The summed E-state index contributed by atoms with van der Waals surface area (Å²) in [6, 6.07) is 7.68. The maximum absolute atomic E-state index is 11.8. The molecule has 5 nitrogen and oxygen atoms in total. The van der Waals surface area contributed by atoms with E-state index in [-0.39, 0.29) is 12.1 Å². The van der Waals surface area contributed by atoms with Crippen LogP contribution in [0.15, 0.2) is 18.2 Å². The molecule has 0 radical (unpaired) electrons. The Bertz CT molecular complexity index is 634. The molecule has 1 aromatic carbocycles. The zero-order valence-electron chi connectivity index (χ0n) is 14.4. The van der Waals surface area contributed by atoms with Gasteiger partial charge in [-0.2, -0.15) is 5.26 Å². The fraction of sp³-hybridized carbons (Fsp3) is 0.556. The molecule has 2 rings (SSSR count). The van der Waals surface area contributed by atoms with Crippen molar-refractivity contribution in [3.05, 3.63) is 28.8 Å². The predicted octanol–water partition coefficient (Wildman–Crippen LogP) is 4.32. The molecule has 6 heteroatoms. The summed E-state index contributed by atoms with van der Waals surface area (Å²) >= 11 is 6.08. The highest BCUT2D eigenvalue weighted by Crippen LogP contribution is 2.29. The van der Waals surface area contributed by atoms with Crippen molar-refractivity contribution >= 4 is 23.4 Å². The molecule has 0 bridgehead atoms. The second-order valence-corrected chi connectivity index (χ2v) is 7.54. The van der Waals surface area contributed by atoms with Crippen LogP contribution < -0.4 is 10.6 Å². The van der Waals surface area contributed by atoms with Crippen LogP contribution in [-0.4, -0.2) is 24.3 Å². The van der Waals surface area contributed by atoms with Crippen LogP contribution in [0, 0.1) is 17.2 Å². The molecule has 0 aromatic heterocycles. The van der Waals surface area contributed by atoms with E-state index in [0.29, 0.717) is 23.0 Å². The topological polar surface area (TPSA) is 74.2 Å². The van der Waals surface area contributed by atoms with Crippen LogP contribution in [0.1, 0.15) is 45.6 Å². The summed E-state index contributed by atoms with van der Waals surface area (Å²) in [6.45, 7) is 6.13. The van der Waals surface area contributed by atoms with Crippen LogP contribution >= 0.6 is 11.6 Å². The summed E-state index contributed by atoms with van der Waals surface area (Å²) < 4.78 is 5.27. The third-order valence-electron chi connectivity index (χ3n) is 4.01. The highest BCUT2D eigenvalue weighted by Gasteiger charge is 2.28. The Hall–Kier alpha value is -1.93. The van der Waals surface area contributed by atoms with Crippen molar-refractivity contribution in [2.45, 2.75) is 51.7 Å². The van der Waals surface area contributed by atoms with Crippen LogP contribution in [-0.2, 0) is 4.74 Å². The number of anilines is 1. The van der Waals surface area contributed by atoms with E-state index in [9.17, 15) is 4.79 Å². The van der Waals surface area contributed by atoms with Gasteiger partial charge in [0.05, 0.1) is 10.6 Å². The van der Waals surface area contributed by atoms with Crippen molar-refractivity contribution in [2.24, 2.45) is 5.92 Å². The lowest BCUT2D eigenvalue weighted by molar-refractivity contribution is 0.0519. The van der Waals surface area contributed by atoms with Crippen molar-refractivity contribution in [1.29, 1.82) is 5.26 Å². The highest BCUT2D eigenvalue weighted by molar-refractivity contribution is 6.32. The fourth-order valence-corrected chi connectivity index (χ4v) is 3.13. The molecule has 130 valence electrons. The van der Waals surface area contributed by atoms with Gasteiger partial charge < -0.3 is 15.4 Å². The quantitative estimate of drug-likeness (QED) is 0.849. The number of nitrogens with zero attached hydrogens (tertiary/aromatic N) is 1. The molecule has 1 aliphatic carbocycles. The van der Waals surface area contributed by atoms with Crippen molar-refractivity contribution < 1.29 is 9.53 Å². The normalized spacial score (nSPS) is 20.3. The minimum absolute atomic E-state index is 0.268. The first-order valence-corrected chi connectivity index (χ1v) is 8.59. The standard InChI is InChI=1S/C18H24ClN3O2/c1-18(2,3)24-17(23)21-11-13-5-4-6-16(13)22-14-8-7-12(10-20)15(19)9-14/h7-9,13,16,22H,4-6,11H2,1-3H3,(H,21,23). The Morgan fingerprint density at radius 1 is 1.42 bits per heavy atom. The summed E-state index contributed by atoms with van der Waals surface area (Å²) in [4.78, 5) is 11.8. The summed E-state index contributed by atoms with van der Waals surface area (Å²) in [6.07, 6.45) is 2.83. The number of alkyl carbamates (subject to hydrolysis) is 1. The summed E-state index contributed by atoms with van der Waals surface area (Å²) in [7, 11) is 0. The minimum atomic E-state index is -0.489. The van der Waals surface area contributed by atoms with E-state index < -0.39 is 5.60 Å². The Morgan fingerprint density at radius 3 is 2.79 bits per heavy atom. The first-order valence-electron chi connectivity index (χ1n) is 8.21. The van der Waals surface area contributed by atoms with E-state index in [4.69, 9.17) is 21.6 Å². The van der Waals surface area contributed by atoms with E-state index in [1.807, 2.05) is 26.8 Å². The SMILES string of the molecule is CC(C)(C)OC(=O)NCC1CCCC1Nc1ccc(C#N)c(Cl)c1. The van der Waals surface area contributed by atoms with Gasteiger partial charge in [0.15, 0.2) is 0 Å². The smallest absolute Gasteiger partial charge is 0.407 e. The van der Waals surface area contributed by atoms with Crippen LogP contribution in [0.5, 0.6) is 0 Å². The van der Waals surface area contributed by atoms with Gasteiger partial charge in [-0.1, -0.05) is 18.0 Å². The van der Waals surface area contributed by atoms with Gasteiger partial charge in [-0.25, -0.2) is 4.79 Å². The molecule has 2 unspecified atom stereocenters. The molecule has 1 amide bonds. The average Bonchev–Trinajstić information content (AvgIpc) is 2.91. The van der Waals surface area contributed by atoms with Gasteiger partial charge in [-0.05, 0) is 57.7 Å². The third-order valence-corrected chi connectivity index (χ3v) is 4.32. The van der Waals surface area contributed by atoms with Crippen molar-refractivity contribution in [2.75, 3.05) is 11.9 Å². The van der Waals surface area contributed by atoms with E-state index in [2.05, 4.69) is 16.7 Å². The van der Waals surface area contributed by atoms with Gasteiger partial charge in [0, 0.05) is 18.3 Å². The number of nitrogens with one attached hydrogen (secondary N) is 2. The Kier molecular flexibility index (Phi) is 5.95. The van der Waals surface area contributed by atoms with E-state index in [0.717, 1.165) is 24.9 Å². The summed E-state index contributed by atoms with van der Waals surface area (Å²) in [5.41, 5.74) is 0.876. The molecule has 0 spiro atoms. The van der Waals surface area contributed by atoms with Gasteiger partial charge in [-0.3, -0.25) is 0 Å². The first kappa shape index (κ1) is 18.4. The summed E-state index contributed by atoms with van der Waals surface area (Å²) in [5.74, 6) is 0.340.